The summed E-state index contributed by atoms with van der Waals surface area (Å²) in [6.07, 6.45) is 5.74. The average molecular weight is 260 g/mol. The summed E-state index contributed by atoms with van der Waals surface area (Å²) in [6.45, 7) is 1.52. The number of imidazole rings is 1. The van der Waals surface area contributed by atoms with Crippen molar-refractivity contribution in [2.45, 2.75) is 18.8 Å². The molecule has 5 nitrogen and oxygen atoms in total. The van der Waals surface area contributed by atoms with E-state index < -0.39 is 0 Å². The van der Waals surface area contributed by atoms with E-state index in [1.54, 1.807) is 12.3 Å². The van der Waals surface area contributed by atoms with Crippen molar-refractivity contribution >= 4 is 11.5 Å². The van der Waals surface area contributed by atoms with Crippen LogP contribution in [0.25, 0.3) is 5.52 Å². The summed E-state index contributed by atoms with van der Waals surface area (Å²) in [6, 6.07) is 3.64. The highest BCUT2D eigenvalue weighted by atomic mass is 16.5. The smallest absolute Gasteiger partial charge is 0.339 e. The van der Waals surface area contributed by atoms with Crippen LogP contribution in [0.2, 0.25) is 0 Å². The zero-order valence-electron chi connectivity index (χ0n) is 10.8. The first-order chi connectivity index (χ1) is 9.29. The van der Waals surface area contributed by atoms with Crippen molar-refractivity contribution < 1.29 is 14.3 Å². The van der Waals surface area contributed by atoms with Gasteiger partial charge in [-0.3, -0.25) is 0 Å². The summed E-state index contributed by atoms with van der Waals surface area (Å²) >= 11 is 0. The van der Waals surface area contributed by atoms with Crippen LogP contribution >= 0.6 is 0 Å². The zero-order valence-corrected chi connectivity index (χ0v) is 10.8. The molecule has 1 saturated heterocycles. The number of aromatic nitrogens is 2. The van der Waals surface area contributed by atoms with Gasteiger partial charge in [-0.1, -0.05) is 0 Å². The maximum absolute atomic E-state index is 11.6. The van der Waals surface area contributed by atoms with Crippen molar-refractivity contribution in [2.24, 2.45) is 0 Å². The predicted molar refractivity (Wildman–Crippen MR) is 69.3 cm³/mol. The maximum Gasteiger partial charge on any atom is 0.339 e. The summed E-state index contributed by atoms with van der Waals surface area (Å²) in [7, 11) is 1.39. The SMILES string of the molecule is COC(=O)c1ccc2cnc(C3CCCOC3)n2c1. The lowest BCUT2D eigenvalue weighted by Gasteiger charge is -2.21. The molecule has 1 aliphatic heterocycles. The average Bonchev–Trinajstić information content (AvgIpc) is 2.90. The topological polar surface area (TPSA) is 52.8 Å². The van der Waals surface area contributed by atoms with E-state index in [1.165, 1.54) is 7.11 Å². The summed E-state index contributed by atoms with van der Waals surface area (Å²) in [4.78, 5) is 16.1. The number of ether oxygens (including phenoxy) is 2. The molecule has 2 aromatic heterocycles. The standard InChI is InChI=1S/C14H16N2O3/c1-18-14(17)10-4-5-12-7-15-13(16(12)8-10)11-3-2-6-19-9-11/h4-5,7-8,11H,2-3,6,9H2,1H3. The Morgan fingerprint density at radius 2 is 2.42 bits per heavy atom. The van der Waals surface area contributed by atoms with E-state index in [1.807, 2.05) is 16.7 Å². The Hall–Kier alpha value is -1.88. The molecular formula is C14H16N2O3. The molecule has 1 atom stereocenters. The molecule has 0 aliphatic carbocycles. The summed E-state index contributed by atoms with van der Waals surface area (Å²) in [5.74, 6) is 0.922. The van der Waals surface area contributed by atoms with Gasteiger partial charge in [0.15, 0.2) is 0 Å². The van der Waals surface area contributed by atoms with Gasteiger partial charge in [0, 0.05) is 18.7 Å². The molecule has 1 aliphatic rings. The molecule has 0 radical (unpaired) electrons. The Morgan fingerprint density at radius 3 is 3.16 bits per heavy atom. The van der Waals surface area contributed by atoms with Gasteiger partial charge < -0.3 is 13.9 Å². The minimum Gasteiger partial charge on any atom is -0.465 e. The molecule has 0 amide bonds. The van der Waals surface area contributed by atoms with Crippen LogP contribution in [0, 0.1) is 0 Å². The molecule has 1 fully saturated rings. The normalized spacial score (nSPS) is 19.5. The Kier molecular flexibility index (Phi) is 3.21. The minimum atomic E-state index is -0.332. The third-order valence-corrected chi connectivity index (χ3v) is 3.50. The molecule has 3 heterocycles. The molecule has 0 spiro atoms. The highest BCUT2D eigenvalue weighted by Crippen LogP contribution is 2.25. The van der Waals surface area contributed by atoms with Gasteiger partial charge in [0.2, 0.25) is 0 Å². The zero-order chi connectivity index (χ0) is 13.2. The van der Waals surface area contributed by atoms with Gasteiger partial charge in [-0.15, -0.1) is 0 Å². The first-order valence-corrected chi connectivity index (χ1v) is 6.42. The summed E-state index contributed by atoms with van der Waals surface area (Å²) < 4.78 is 12.2. The second kappa shape index (κ2) is 5.01. The van der Waals surface area contributed by atoms with Crippen LogP contribution in [0.15, 0.2) is 24.5 Å². The third-order valence-electron chi connectivity index (χ3n) is 3.50. The minimum absolute atomic E-state index is 0.296. The van der Waals surface area contributed by atoms with Gasteiger partial charge in [0.05, 0.1) is 31.0 Å². The van der Waals surface area contributed by atoms with Crippen LogP contribution in [0.4, 0.5) is 0 Å². The van der Waals surface area contributed by atoms with Gasteiger partial charge in [0.1, 0.15) is 5.82 Å². The Labute approximate surface area is 111 Å². The molecule has 100 valence electrons. The lowest BCUT2D eigenvalue weighted by atomic mass is 10.0. The number of carbonyl (C=O) groups is 1. The quantitative estimate of drug-likeness (QED) is 0.775. The second-order valence-corrected chi connectivity index (χ2v) is 4.73. The van der Waals surface area contributed by atoms with E-state index in [9.17, 15) is 4.79 Å². The van der Waals surface area contributed by atoms with Crippen LogP contribution in [0.5, 0.6) is 0 Å². The highest BCUT2D eigenvalue weighted by molar-refractivity contribution is 5.89. The van der Waals surface area contributed by atoms with E-state index >= 15 is 0 Å². The fourth-order valence-corrected chi connectivity index (χ4v) is 2.50. The van der Waals surface area contributed by atoms with E-state index in [0.29, 0.717) is 18.1 Å². The predicted octanol–water partition coefficient (Wildman–Crippen LogP) is 2.01. The molecular weight excluding hydrogens is 244 g/mol. The Morgan fingerprint density at radius 1 is 1.53 bits per heavy atom. The number of hydrogen-bond donors (Lipinski definition) is 0. The molecule has 0 aromatic carbocycles. The lowest BCUT2D eigenvalue weighted by Crippen LogP contribution is -2.18. The fraction of sp³-hybridized carbons (Fsp3) is 0.429. The van der Waals surface area contributed by atoms with Crippen LogP contribution in [-0.4, -0.2) is 35.7 Å². The highest BCUT2D eigenvalue weighted by Gasteiger charge is 2.21. The molecule has 2 aromatic rings. The maximum atomic E-state index is 11.6. The Balaban J connectivity index is 2.02. The number of carbonyl (C=O) groups excluding carboxylic acids is 1. The number of rotatable bonds is 2. The van der Waals surface area contributed by atoms with Crippen molar-refractivity contribution in [3.8, 4) is 0 Å². The molecule has 1 unspecified atom stereocenters. The number of hydrogen-bond acceptors (Lipinski definition) is 4. The molecule has 0 N–H and O–H groups in total. The first kappa shape index (κ1) is 12.2. The van der Waals surface area contributed by atoms with Crippen LogP contribution in [0.1, 0.15) is 34.9 Å². The molecule has 5 heteroatoms. The number of nitrogens with zero attached hydrogens (tertiary/aromatic N) is 2. The molecule has 3 rings (SSSR count). The first-order valence-electron chi connectivity index (χ1n) is 6.42. The van der Waals surface area contributed by atoms with E-state index in [4.69, 9.17) is 9.47 Å². The van der Waals surface area contributed by atoms with Crippen LogP contribution < -0.4 is 0 Å². The number of fused-ring (bicyclic) bond motifs is 1. The molecule has 19 heavy (non-hydrogen) atoms. The van der Waals surface area contributed by atoms with Crippen LogP contribution in [-0.2, 0) is 9.47 Å². The van der Waals surface area contributed by atoms with E-state index in [-0.39, 0.29) is 5.97 Å². The Bertz CT molecular complexity index is 600. The third kappa shape index (κ3) is 2.21. The number of pyridine rings is 1. The van der Waals surface area contributed by atoms with E-state index in [2.05, 4.69) is 4.98 Å². The van der Waals surface area contributed by atoms with Gasteiger partial charge in [0.25, 0.3) is 0 Å². The van der Waals surface area contributed by atoms with Crippen molar-refractivity contribution in [3.05, 3.63) is 35.9 Å². The van der Waals surface area contributed by atoms with Crippen molar-refractivity contribution in [1.29, 1.82) is 0 Å². The summed E-state index contributed by atoms with van der Waals surface area (Å²) in [5.41, 5.74) is 1.51. The van der Waals surface area contributed by atoms with Crippen LogP contribution in [0.3, 0.4) is 0 Å². The van der Waals surface area contributed by atoms with Gasteiger partial charge in [-0.05, 0) is 25.0 Å². The van der Waals surface area contributed by atoms with Gasteiger partial charge in [-0.25, -0.2) is 9.78 Å². The second-order valence-electron chi connectivity index (χ2n) is 4.73. The lowest BCUT2D eigenvalue weighted by molar-refractivity contribution is 0.0600. The van der Waals surface area contributed by atoms with Crippen molar-refractivity contribution in [2.75, 3.05) is 20.3 Å². The largest absolute Gasteiger partial charge is 0.465 e. The number of esters is 1. The number of methoxy groups -OCH3 is 1. The molecule has 0 bridgehead atoms. The van der Waals surface area contributed by atoms with Crippen molar-refractivity contribution in [1.82, 2.24) is 9.38 Å². The van der Waals surface area contributed by atoms with E-state index in [0.717, 1.165) is 30.8 Å². The van der Waals surface area contributed by atoms with Gasteiger partial charge in [-0.2, -0.15) is 0 Å². The fourth-order valence-electron chi connectivity index (χ4n) is 2.50. The monoisotopic (exact) mass is 260 g/mol. The van der Waals surface area contributed by atoms with Gasteiger partial charge >= 0.3 is 5.97 Å². The van der Waals surface area contributed by atoms with Crippen molar-refractivity contribution in [3.63, 3.8) is 0 Å². The summed E-state index contributed by atoms with van der Waals surface area (Å²) in [5, 5.41) is 0. The molecule has 0 saturated carbocycles.